The molecule has 0 unspecified atom stereocenters. The van der Waals surface area contributed by atoms with Gasteiger partial charge < -0.3 is 0 Å². The van der Waals surface area contributed by atoms with E-state index in [-0.39, 0.29) is 30.2 Å². The van der Waals surface area contributed by atoms with Gasteiger partial charge in [-0.2, -0.15) is 0 Å². The minimum Gasteiger partial charge on any atom is -0.144 e. The van der Waals surface area contributed by atoms with Gasteiger partial charge in [0.1, 0.15) is 0 Å². The van der Waals surface area contributed by atoms with Gasteiger partial charge in [-0.1, -0.05) is 136 Å². The Morgan fingerprint density at radius 1 is 0.400 bits per heavy atom. The molecule has 0 aliphatic rings. The molecule has 0 radical (unpaired) electrons. The highest BCUT2D eigenvalue weighted by molar-refractivity contribution is 7.17. The molecule has 50 heavy (non-hydrogen) atoms. The summed E-state index contributed by atoms with van der Waals surface area (Å²) in [6.45, 7) is 44.0. The van der Waals surface area contributed by atoms with E-state index in [0.29, 0.717) is 0 Å². The molecule has 0 amide bonds. The first-order chi connectivity index (χ1) is 22.6. The predicted molar refractivity (Wildman–Crippen MR) is 236 cm³/mol. The molecule has 0 atom stereocenters. The van der Waals surface area contributed by atoms with Crippen molar-refractivity contribution < 1.29 is 0 Å². The van der Waals surface area contributed by atoms with Crippen LogP contribution in [-0.2, 0) is 0 Å². The van der Waals surface area contributed by atoms with Crippen molar-refractivity contribution in [2.75, 3.05) is 0 Å². The summed E-state index contributed by atoms with van der Waals surface area (Å²) < 4.78 is 2.62. The van der Waals surface area contributed by atoms with Gasteiger partial charge in [0.25, 0.3) is 0 Å². The Bertz CT molecular complexity index is 1910. The van der Waals surface area contributed by atoms with Crippen LogP contribution in [0, 0.1) is 22.9 Å². The number of benzene rings is 3. The van der Waals surface area contributed by atoms with E-state index in [2.05, 4.69) is 195 Å². The summed E-state index contributed by atoms with van der Waals surface area (Å²) in [5.41, 5.74) is 10.8. The number of hydrogen-bond acceptors (Lipinski definition) is 2. The second-order valence-electron chi connectivity index (χ2n) is 21.0. The Hall–Kier alpha value is -2.35. The van der Waals surface area contributed by atoms with Crippen LogP contribution in [0.4, 0.5) is 0 Å². The molecule has 4 heteroatoms. The van der Waals surface area contributed by atoms with Crippen LogP contribution in [0.15, 0.2) is 47.2 Å². The summed E-state index contributed by atoms with van der Waals surface area (Å²) in [7, 11) is -4.67. The van der Waals surface area contributed by atoms with Crippen LogP contribution in [0.1, 0.15) is 136 Å². The molecule has 2 heterocycles. The van der Waals surface area contributed by atoms with Gasteiger partial charge in [0.15, 0.2) is 16.1 Å². The molecule has 0 fully saturated rings. The van der Waals surface area contributed by atoms with E-state index >= 15 is 0 Å². The molecule has 266 valence electrons. The SMILES string of the molecule is CC(C)(C)[Si](C#Cc1c2cc3ccsc3cc2c(C#C[Si](C(C)(C)C)(C(C)(C)C)C(C)(C)C)c2cc3ccsc3cc12)(C(C)(C)C)C(C)(C)C. The highest BCUT2D eigenvalue weighted by atomic mass is 32.1. The average Bonchev–Trinajstić information content (AvgIpc) is 3.56. The zero-order valence-corrected chi connectivity index (χ0v) is 38.1. The molecule has 3 aromatic carbocycles. The summed E-state index contributed by atoms with van der Waals surface area (Å²) in [5.74, 6) is 8.12. The second-order valence-corrected chi connectivity index (χ2v) is 35.4. The Morgan fingerprint density at radius 3 is 0.920 bits per heavy atom. The topological polar surface area (TPSA) is 0 Å². The summed E-state index contributed by atoms with van der Waals surface area (Å²) in [5, 5.41) is 12.5. The van der Waals surface area contributed by atoms with E-state index in [0.717, 1.165) is 0 Å². The quantitative estimate of drug-likeness (QED) is 0.0844. The lowest BCUT2D eigenvalue weighted by atomic mass is 9.91. The van der Waals surface area contributed by atoms with Crippen molar-refractivity contribution in [3.63, 3.8) is 0 Å². The maximum atomic E-state index is 4.24. The summed E-state index contributed by atoms with van der Waals surface area (Å²) in [6, 6.07) is 14.2. The zero-order valence-electron chi connectivity index (χ0n) is 34.4. The molecule has 0 saturated carbocycles. The average molecular weight is 735 g/mol. The van der Waals surface area contributed by atoms with E-state index in [1.54, 1.807) is 0 Å². The Labute approximate surface area is 314 Å². The minimum atomic E-state index is -2.33. The maximum absolute atomic E-state index is 4.24. The van der Waals surface area contributed by atoms with Crippen LogP contribution >= 0.6 is 22.7 Å². The van der Waals surface area contributed by atoms with Gasteiger partial charge in [-0.3, -0.25) is 0 Å². The van der Waals surface area contributed by atoms with E-state index in [9.17, 15) is 0 Å². The molecule has 5 aromatic rings. The highest BCUT2D eigenvalue weighted by Crippen LogP contribution is 2.63. The molecular formula is C46H62S2Si2. The predicted octanol–water partition coefficient (Wildman–Crippen LogP) is 15.9. The van der Waals surface area contributed by atoms with Gasteiger partial charge in [-0.25, -0.2) is 0 Å². The van der Waals surface area contributed by atoms with Crippen LogP contribution in [0.2, 0.25) is 30.2 Å². The number of rotatable bonds is 0. The lowest BCUT2D eigenvalue weighted by Crippen LogP contribution is -2.57. The lowest BCUT2D eigenvalue weighted by molar-refractivity contribution is 0.548. The van der Waals surface area contributed by atoms with E-state index < -0.39 is 16.1 Å². The second kappa shape index (κ2) is 12.1. The van der Waals surface area contributed by atoms with Crippen LogP contribution < -0.4 is 0 Å². The molecule has 0 aliphatic carbocycles. The fraction of sp³-hybridized carbons (Fsp3) is 0.522. The van der Waals surface area contributed by atoms with Crippen molar-refractivity contribution in [3.05, 3.63) is 58.3 Å². The minimum absolute atomic E-state index is 0.0794. The smallest absolute Gasteiger partial charge is 0.144 e. The first-order valence-corrected chi connectivity index (χ1v) is 24.2. The zero-order chi connectivity index (χ0) is 37.7. The van der Waals surface area contributed by atoms with Gasteiger partial charge in [0.2, 0.25) is 0 Å². The van der Waals surface area contributed by atoms with Gasteiger partial charge >= 0.3 is 0 Å². The van der Waals surface area contributed by atoms with Crippen LogP contribution in [0.3, 0.4) is 0 Å². The third kappa shape index (κ3) is 5.95. The third-order valence-corrected chi connectivity index (χ3v) is 28.0. The largest absolute Gasteiger partial charge is 0.154 e. The summed E-state index contributed by atoms with van der Waals surface area (Å²) >= 11 is 3.65. The van der Waals surface area contributed by atoms with Crippen molar-refractivity contribution >= 4 is 80.5 Å². The lowest BCUT2D eigenvalue weighted by Gasteiger charge is -2.55. The molecular weight excluding hydrogens is 673 g/mol. The van der Waals surface area contributed by atoms with Gasteiger partial charge in [0, 0.05) is 31.3 Å². The normalized spacial score (nSPS) is 14.3. The van der Waals surface area contributed by atoms with Crippen molar-refractivity contribution in [1.82, 2.24) is 0 Å². The monoisotopic (exact) mass is 734 g/mol. The van der Waals surface area contributed by atoms with Crippen molar-refractivity contribution in [2.45, 2.75) is 155 Å². The van der Waals surface area contributed by atoms with E-state index in [1.807, 2.05) is 22.7 Å². The van der Waals surface area contributed by atoms with E-state index in [4.69, 9.17) is 0 Å². The molecule has 2 aromatic heterocycles. The van der Waals surface area contributed by atoms with Crippen LogP contribution in [-0.4, -0.2) is 16.1 Å². The molecule has 0 nitrogen and oxygen atoms in total. The Balaban J connectivity index is 2.06. The molecule has 0 N–H and O–H groups in total. The molecule has 5 rings (SSSR count). The number of thiophene rings is 2. The summed E-state index contributed by atoms with van der Waals surface area (Å²) in [6.07, 6.45) is 0. The van der Waals surface area contributed by atoms with Crippen molar-refractivity contribution in [2.24, 2.45) is 0 Å². The van der Waals surface area contributed by atoms with Gasteiger partial charge in [-0.15, -0.1) is 33.8 Å². The highest BCUT2D eigenvalue weighted by Gasteiger charge is 2.60. The van der Waals surface area contributed by atoms with Crippen molar-refractivity contribution in [3.8, 4) is 22.9 Å². The molecule has 0 aliphatic heterocycles. The Kier molecular flexibility index (Phi) is 9.41. The Morgan fingerprint density at radius 2 is 0.660 bits per heavy atom. The standard InChI is InChI=1S/C46H62S2Si2/c1-41(2,3)49(42(4,5)6,43(7,8)9)25-21-33-35-27-31-19-23-48-40(31)30-38(35)34(36-28-32-20-24-47-39(32)29-37(33)36)22-26-50(44(10,11)12,45(13,14)15)46(16,17)18/h19-20,23-24,27-30H,1-18H3. The molecule has 0 spiro atoms. The fourth-order valence-corrected chi connectivity index (χ4v) is 29.6. The van der Waals surface area contributed by atoms with Crippen LogP contribution in [0.25, 0.3) is 41.7 Å². The first kappa shape index (κ1) is 38.9. The fourth-order valence-electron chi connectivity index (χ4n) is 11.6. The number of fused-ring (bicyclic) bond motifs is 4. The first-order valence-electron chi connectivity index (χ1n) is 18.4. The summed E-state index contributed by atoms with van der Waals surface area (Å²) in [4.78, 5) is 0. The number of hydrogen-bond donors (Lipinski definition) is 0. The third-order valence-electron chi connectivity index (χ3n) is 11.8. The van der Waals surface area contributed by atoms with Crippen LogP contribution in [0.5, 0.6) is 0 Å². The van der Waals surface area contributed by atoms with Crippen molar-refractivity contribution in [1.29, 1.82) is 0 Å². The van der Waals surface area contributed by atoms with Gasteiger partial charge in [0.05, 0.1) is 0 Å². The van der Waals surface area contributed by atoms with E-state index in [1.165, 1.54) is 52.8 Å². The maximum Gasteiger partial charge on any atom is 0.154 e. The molecule has 0 saturated heterocycles. The molecule has 0 bridgehead atoms. The van der Waals surface area contributed by atoms with Gasteiger partial charge in [-0.05, 0) is 98.9 Å².